The second-order valence-electron chi connectivity index (χ2n) is 5.81. The predicted molar refractivity (Wildman–Crippen MR) is 107 cm³/mol. The van der Waals surface area contributed by atoms with Gasteiger partial charge in [0.1, 0.15) is 0 Å². The fourth-order valence-corrected chi connectivity index (χ4v) is 2.71. The van der Waals surface area contributed by atoms with E-state index in [1.807, 2.05) is 37.3 Å². The fourth-order valence-electron chi connectivity index (χ4n) is 2.40. The molecule has 2 aromatic carbocycles. The summed E-state index contributed by atoms with van der Waals surface area (Å²) in [7, 11) is 0. The summed E-state index contributed by atoms with van der Waals surface area (Å²) in [5, 5.41) is 7.43. The van der Waals surface area contributed by atoms with Crippen molar-refractivity contribution in [3.05, 3.63) is 87.7 Å². The van der Waals surface area contributed by atoms with Gasteiger partial charge < -0.3 is 10.6 Å². The molecule has 1 amide bonds. The van der Waals surface area contributed by atoms with Crippen LogP contribution in [0, 0.1) is 6.92 Å². The van der Waals surface area contributed by atoms with Gasteiger partial charge in [0.05, 0.1) is 11.3 Å². The van der Waals surface area contributed by atoms with Gasteiger partial charge in [0.2, 0.25) is 0 Å². The number of nitrogens with one attached hydrogen (secondary N) is 2. The summed E-state index contributed by atoms with van der Waals surface area (Å²) in [5.74, 6) is -0.238. The summed E-state index contributed by atoms with van der Waals surface area (Å²) in [6, 6.07) is 14.7. The van der Waals surface area contributed by atoms with E-state index in [9.17, 15) is 4.79 Å². The topological polar surface area (TPSA) is 54.0 Å². The summed E-state index contributed by atoms with van der Waals surface area (Å²) in [4.78, 5) is 16.6. The molecule has 4 nitrogen and oxygen atoms in total. The van der Waals surface area contributed by atoms with E-state index < -0.39 is 0 Å². The van der Waals surface area contributed by atoms with Crippen LogP contribution in [0.25, 0.3) is 0 Å². The molecule has 0 atom stereocenters. The molecule has 0 bridgehead atoms. The molecule has 0 saturated carbocycles. The lowest BCUT2D eigenvalue weighted by Gasteiger charge is -2.11. The number of nitrogens with zero attached hydrogens (tertiary/aromatic N) is 1. The van der Waals surface area contributed by atoms with Crippen LogP contribution >= 0.6 is 23.2 Å². The molecule has 3 aromatic rings. The number of hydrogen-bond donors (Lipinski definition) is 2. The van der Waals surface area contributed by atoms with Gasteiger partial charge in [-0.25, -0.2) is 0 Å². The number of carbonyl (C=O) groups excluding carboxylic acids is 1. The molecule has 0 radical (unpaired) electrons. The molecule has 0 aliphatic carbocycles. The van der Waals surface area contributed by atoms with Crippen LogP contribution in [-0.4, -0.2) is 10.9 Å². The highest BCUT2D eigenvalue weighted by Gasteiger charge is 2.10. The minimum Gasteiger partial charge on any atom is -0.380 e. The van der Waals surface area contributed by atoms with E-state index in [0.29, 0.717) is 27.8 Å². The molecule has 0 saturated heterocycles. The Balaban J connectivity index is 1.69. The lowest BCUT2D eigenvalue weighted by atomic mass is 10.2. The molecular weight excluding hydrogens is 369 g/mol. The first kappa shape index (κ1) is 18.2. The number of halogens is 2. The van der Waals surface area contributed by atoms with Crippen molar-refractivity contribution < 1.29 is 4.79 Å². The molecule has 1 heterocycles. The summed E-state index contributed by atoms with van der Waals surface area (Å²) >= 11 is 12.0. The van der Waals surface area contributed by atoms with Crippen LogP contribution in [0.3, 0.4) is 0 Å². The molecule has 0 spiro atoms. The quantitative estimate of drug-likeness (QED) is 0.604. The average Bonchev–Trinajstić information content (AvgIpc) is 2.65. The molecule has 2 N–H and O–H groups in total. The van der Waals surface area contributed by atoms with E-state index in [0.717, 1.165) is 16.8 Å². The van der Waals surface area contributed by atoms with Crippen molar-refractivity contribution in [3.63, 3.8) is 0 Å². The van der Waals surface area contributed by atoms with Gasteiger partial charge in [-0.15, -0.1) is 0 Å². The van der Waals surface area contributed by atoms with Crippen LogP contribution in [0.15, 0.2) is 60.9 Å². The van der Waals surface area contributed by atoms with Crippen molar-refractivity contribution in [2.24, 2.45) is 0 Å². The highest BCUT2D eigenvalue weighted by atomic mass is 35.5. The summed E-state index contributed by atoms with van der Waals surface area (Å²) in [5.41, 5.74) is 3.81. The molecule has 1 aromatic heterocycles. The number of anilines is 2. The number of hydrogen-bond acceptors (Lipinski definition) is 3. The largest absolute Gasteiger partial charge is 0.380 e. The predicted octanol–water partition coefficient (Wildman–Crippen LogP) is 5.56. The Morgan fingerprint density at radius 2 is 1.85 bits per heavy atom. The van der Waals surface area contributed by atoms with Gasteiger partial charge in [-0.3, -0.25) is 9.78 Å². The SMILES string of the molecule is Cc1c(Cl)cccc1NC(=O)c1cncc(NCc2ccc(Cl)cc2)c1. The number of rotatable bonds is 5. The molecule has 26 heavy (non-hydrogen) atoms. The van der Waals surface area contributed by atoms with Crippen molar-refractivity contribution in [2.75, 3.05) is 10.6 Å². The smallest absolute Gasteiger partial charge is 0.257 e. The lowest BCUT2D eigenvalue weighted by Crippen LogP contribution is -2.13. The van der Waals surface area contributed by atoms with Crippen LogP contribution in [0.5, 0.6) is 0 Å². The summed E-state index contributed by atoms with van der Waals surface area (Å²) < 4.78 is 0. The van der Waals surface area contributed by atoms with E-state index >= 15 is 0 Å². The van der Waals surface area contributed by atoms with Crippen LogP contribution in [0.4, 0.5) is 11.4 Å². The zero-order valence-electron chi connectivity index (χ0n) is 14.1. The molecule has 0 aliphatic rings. The second kappa shape index (κ2) is 8.21. The molecule has 3 rings (SSSR count). The average molecular weight is 386 g/mol. The van der Waals surface area contributed by atoms with Crippen molar-refractivity contribution in [1.29, 1.82) is 0 Å². The van der Waals surface area contributed by atoms with E-state index in [2.05, 4.69) is 15.6 Å². The zero-order chi connectivity index (χ0) is 18.5. The fraction of sp³-hybridized carbons (Fsp3) is 0.100. The maximum Gasteiger partial charge on any atom is 0.257 e. The molecule has 6 heteroatoms. The van der Waals surface area contributed by atoms with Gasteiger partial charge in [-0.05, 0) is 48.4 Å². The normalized spacial score (nSPS) is 10.4. The van der Waals surface area contributed by atoms with Crippen molar-refractivity contribution in [2.45, 2.75) is 13.5 Å². The van der Waals surface area contributed by atoms with Gasteiger partial charge in [0.25, 0.3) is 5.91 Å². The molecule has 0 unspecified atom stereocenters. The second-order valence-corrected chi connectivity index (χ2v) is 6.65. The monoisotopic (exact) mass is 385 g/mol. The Bertz CT molecular complexity index is 927. The van der Waals surface area contributed by atoms with E-state index in [4.69, 9.17) is 23.2 Å². The summed E-state index contributed by atoms with van der Waals surface area (Å²) in [6.07, 6.45) is 3.21. The molecule has 0 fully saturated rings. The number of benzene rings is 2. The standard InChI is InChI=1S/C20H17Cl2N3O/c1-13-18(22)3-2-4-19(13)25-20(26)15-9-17(12-23-11-15)24-10-14-5-7-16(21)8-6-14/h2-9,11-12,24H,10H2,1H3,(H,25,26). The van der Waals surface area contributed by atoms with Crippen molar-refractivity contribution >= 4 is 40.5 Å². The molecular formula is C20H17Cl2N3O. The Labute approximate surface area is 162 Å². The minimum atomic E-state index is -0.238. The van der Waals surface area contributed by atoms with Crippen molar-refractivity contribution in [1.82, 2.24) is 4.98 Å². The first-order chi connectivity index (χ1) is 12.5. The first-order valence-electron chi connectivity index (χ1n) is 8.03. The Hall–Kier alpha value is -2.56. The van der Waals surface area contributed by atoms with E-state index in [-0.39, 0.29) is 5.91 Å². The summed E-state index contributed by atoms with van der Waals surface area (Å²) in [6.45, 7) is 2.47. The Morgan fingerprint density at radius 1 is 1.08 bits per heavy atom. The number of carbonyl (C=O) groups is 1. The molecule has 132 valence electrons. The minimum absolute atomic E-state index is 0.238. The van der Waals surface area contributed by atoms with Crippen LogP contribution < -0.4 is 10.6 Å². The van der Waals surface area contributed by atoms with Crippen molar-refractivity contribution in [3.8, 4) is 0 Å². The number of amides is 1. The van der Waals surface area contributed by atoms with Gasteiger partial charge >= 0.3 is 0 Å². The highest BCUT2D eigenvalue weighted by Crippen LogP contribution is 2.23. The highest BCUT2D eigenvalue weighted by molar-refractivity contribution is 6.31. The van der Waals surface area contributed by atoms with Gasteiger partial charge in [-0.2, -0.15) is 0 Å². The first-order valence-corrected chi connectivity index (χ1v) is 8.78. The third-order valence-electron chi connectivity index (χ3n) is 3.93. The van der Waals surface area contributed by atoms with Crippen LogP contribution in [0.1, 0.15) is 21.5 Å². The van der Waals surface area contributed by atoms with E-state index in [1.165, 1.54) is 6.20 Å². The van der Waals surface area contributed by atoms with E-state index in [1.54, 1.807) is 24.4 Å². The number of pyridine rings is 1. The van der Waals surface area contributed by atoms with Gasteiger partial charge in [-0.1, -0.05) is 41.4 Å². The zero-order valence-corrected chi connectivity index (χ0v) is 15.6. The van der Waals surface area contributed by atoms with Crippen LogP contribution in [0.2, 0.25) is 10.0 Å². The maximum absolute atomic E-state index is 12.5. The lowest BCUT2D eigenvalue weighted by molar-refractivity contribution is 0.102. The Kier molecular flexibility index (Phi) is 5.76. The van der Waals surface area contributed by atoms with Gasteiger partial charge in [0.15, 0.2) is 0 Å². The Morgan fingerprint density at radius 3 is 2.62 bits per heavy atom. The van der Waals surface area contributed by atoms with Crippen LogP contribution in [-0.2, 0) is 6.54 Å². The molecule has 0 aliphatic heterocycles. The maximum atomic E-state index is 12.5. The number of aromatic nitrogens is 1. The van der Waals surface area contributed by atoms with Gasteiger partial charge in [0, 0.05) is 34.7 Å². The third-order valence-corrected chi connectivity index (χ3v) is 4.59. The third kappa shape index (κ3) is 4.54.